The van der Waals surface area contributed by atoms with Crippen molar-refractivity contribution in [3.8, 4) is 0 Å². The predicted molar refractivity (Wildman–Crippen MR) is 77.4 cm³/mol. The summed E-state index contributed by atoms with van der Waals surface area (Å²) in [4.78, 5) is 12.4. The van der Waals surface area contributed by atoms with Gasteiger partial charge >= 0.3 is 0 Å². The number of carbonyl (C=O) groups is 1. The minimum absolute atomic E-state index is 0.139. The van der Waals surface area contributed by atoms with E-state index in [1.165, 1.54) is 32.4 Å². The zero-order valence-electron chi connectivity index (χ0n) is 13.0. The Labute approximate surface area is 109 Å². The van der Waals surface area contributed by atoms with E-state index in [4.69, 9.17) is 0 Å². The standard InChI is InChI=1S/C8H17N.C5H10O.C2H6/c1-8(2)9-6-4-3-5-7-9;1-5(2,3)4-6;1-2/h8H,3-7H2,1-2H3;4H,1-3H3;1-2H3. The first kappa shape index (κ1) is 19.0. The van der Waals surface area contributed by atoms with Crippen LogP contribution in [0.2, 0.25) is 0 Å². The van der Waals surface area contributed by atoms with Gasteiger partial charge in [0.05, 0.1) is 0 Å². The topological polar surface area (TPSA) is 20.3 Å². The third kappa shape index (κ3) is 13.6. The monoisotopic (exact) mass is 243 g/mol. The summed E-state index contributed by atoms with van der Waals surface area (Å²) in [7, 11) is 0. The number of hydrogen-bond acceptors (Lipinski definition) is 2. The molecule has 1 saturated heterocycles. The van der Waals surface area contributed by atoms with Crippen LogP contribution in [-0.4, -0.2) is 30.3 Å². The highest BCUT2D eigenvalue weighted by Crippen LogP contribution is 2.10. The zero-order valence-corrected chi connectivity index (χ0v) is 13.0. The summed E-state index contributed by atoms with van der Waals surface area (Å²) in [6.45, 7) is 16.9. The van der Waals surface area contributed by atoms with Crippen LogP contribution in [0.3, 0.4) is 0 Å². The molecule has 0 spiro atoms. The molecule has 1 aliphatic heterocycles. The van der Waals surface area contributed by atoms with E-state index in [1.807, 2.05) is 34.6 Å². The van der Waals surface area contributed by atoms with Gasteiger partial charge in [-0.2, -0.15) is 0 Å². The van der Waals surface area contributed by atoms with Gasteiger partial charge in [-0.25, -0.2) is 0 Å². The molecule has 1 fully saturated rings. The van der Waals surface area contributed by atoms with Crippen molar-refractivity contribution in [2.75, 3.05) is 13.1 Å². The maximum atomic E-state index is 9.83. The molecular weight excluding hydrogens is 210 g/mol. The van der Waals surface area contributed by atoms with Gasteiger partial charge in [-0.05, 0) is 39.8 Å². The van der Waals surface area contributed by atoms with E-state index in [0.29, 0.717) is 0 Å². The quantitative estimate of drug-likeness (QED) is 0.645. The highest BCUT2D eigenvalue weighted by Gasteiger charge is 2.11. The number of carbonyl (C=O) groups excluding carboxylic acids is 1. The van der Waals surface area contributed by atoms with Crippen LogP contribution < -0.4 is 0 Å². The summed E-state index contributed by atoms with van der Waals surface area (Å²) in [5.41, 5.74) is -0.139. The molecular formula is C15H33NO. The zero-order chi connectivity index (χ0) is 13.9. The third-order valence-electron chi connectivity index (χ3n) is 2.47. The molecule has 0 atom stereocenters. The molecule has 0 amide bonds. The van der Waals surface area contributed by atoms with Crippen molar-refractivity contribution < 1.29 is 4.79 Å². The minimum Gasteiger partial charge on any atom is -0.303 e. The van der Waals surface area contributed by atoms with E-state index in [1.54, 1.807) is 0 Å². The maximum Gasteiger partial charge on any atom is 0.125 e. The molecule has 2 nitrogen and oxygen atoms in total. The third-order valence-corrected chi connectivity index (χ3v) is 2.47. The normalized spacial score (nSPS) is 16.5. The van der Waals surface area contributed by atoms with Gasteiger partial charge in [-0.15, -0.1) is 0 Å². The lowest BCUT2D eigenvalue weighted by molar-refractivity contribution is -0.113. The molecule has 0 N–H and O–H groups in total. The highest BCUT2D eigenvalue weighted by molar-refractivity contribution is 5.56. The predicted octanol–water partition coefficient (Wildman–Crippen LogP) is 4.14. The van der Waals surface area contributed by atoms with Crippen molar-refractivity contribution in [2.24, 2.45) is 5.41 Å². The first-order valence-corrected chi connectivity index (χ1v) is 7.07. The average molecular weight is 243 g/mol. The lowest BCUT2D eigenvalue weighted by atomic mass is 10.0. The molecule has 17 heavy (non-hydrogen) atoms. The molecule has 0 saturated carbocycles. The molecule has 0 aromatic heterocycles. The van der Waals surface area contributed by atoms with Crippen LogP contribution in [0.5, 0.6) is 0 Å². The van der Waals surface area contributed by atoms with Crippen LogP contribution in [0.25, 0.3) is 0 Å². The summed E-state index contributed by atoms with van der Waals surface area (Å²) in [6.07, 6.45) is 5.21. The molecule has 2 heteroatoms. The molecule has 0 aliphatic carbocycles. The van der Waals surface area contributed by atoms with Crippen molar-refractivity contribution in [3.63, 3.8) is 0 Å². The highest BCUT2D eigenvalue weighted by atomic mass is 16.1. The van der Waals surface area contributed by atoms with Gasteiger partial charge in [0.2, 0.25) is 0 Å². The summed E-state index contributed by atoms with van der Waals surface area (Å²) < 4.78 is 0. The first-order chi connectivity index (χ1) is 7.87. The van der Waals surface area contributed by atoms with Gasteiger partial charge in [0.1, 0.15) is 6.29 Å². The van der Waals surface area contributed by atoms with Gasteiger partial charge in [0, 0.05) is 11.5 Å². The van der Waals surface area contributed by atoms with E-state index in [9.17, 15) is 4.79 Å². The number of hydrogen-bond donors (Lipinski definition) is 0. The van der Waals surface area contributed by atoms with Gasteiger partial charge in [-0.3, -0.25) is 0 Å². The molecule has 1 aliphatic rings. The Bertz CT molecular complexity index is 164. The van der Waals surface area contributed by atoms with Crippen molar-refractivity contribution in [1.82, 2.24) is 4.90 Å². The fraction of sp³-hybridized carbons (Fsp3) is 0.933. The molecule has 0 aromatic carbocycles. The fourth-order valence-electron chi connectivity index (χ4n) is 1.43. The van der Waals surface area contributed by atoms with E-state index >= 15 is 0 Å². The average Bonchev–Trinajstić information content (AvgIpc) is 2.33. The van der Waals surface area contributed by atoms with Crippen LogP contribution in [0.4, 0.5) is 0 Å². The van der Waals surface area contributed by atoms with Crippen LogP contribution >= 0.6 is 0 Å². The van der Waals surface area contributed by atoms with Crippen molar-refractivity contribution in [1.29, 1.82) is 0 Å². The summed E-state index contributed by atoms with van der Waals surface area (Å²) >= 11 is 0. The van der Waals surface area contributed by atoms with E-state index in [-0.39, 0.29) is 5.41 Å². The van der Waals surface area contributed by atoms with E-state index < -0.39 is 0 Å². The molecule has 0 unspecified atom stereocenters. The largest absolute Gasteiger partial charge is 0.303 e. The maximum absolute atomic E-state index is 9.83. The molecule has 104 valence electrons. The Morgan fingerprint density at radius 3 is 1.53 bits per heavy atom. The van der Waals surface area contributed by atoms with E-state index in [0.717, 1.165) is 12.3 Å². The van der Waals surface area contributed by atoms with Crippen LogP contribution in [0.1, 0.15) is 67.7 Å². The minimum atomic E-state index is -0.139. The summed E-state index contributed by atoms with van der Waals surface area (Å²) in [6, 6.07) is 0.769. The number of likely N-dealkylation sites (tertiary alicyclic amines) is 1. The van der Waals surface area contributed by atoms with Gasteiger partial charge in [-0.1, -0.05) is 41.0 Å². The number of piperidine rings is 1. The van der Waals surface area contributed by atoms with Gasteiger partial charge in [0.15, 0.2) is 0 Å². The van der Waals surface area contributed by atoms with Crippen LogP contribution in [0.15, 0.2) is 0 Å². The van der Waals surface area contributed by atoms with Crippen LogP contribution in [-0.2, 0) is 4.79 Å². The number of nitrogens with zero attached hydrogens (tertiary/aromatic N) is 1. The molecule has 1 heterocycles. The van der Waals surface area contributed by atoms with Crippen LogP contribution in [0, 0.1) is 5.41 Å². The number of aldehydes is 1. The first-order valence-electron chi connectivity index (χ1n) is 7.07. The van der Waals surface area contributed by atoms with Crippen molar-refractivity contribution in [2.45, 2.75) is 73.8 Å². The van der Waals surface area contributed by atoms with Crippen molar-refractivity contribution in [3.05, 3.63) is 0 Å². The Hall–Kier alpha value is -0.370. The lowest BCUT2D eigenvalue weighted by Gasteiger charge is -2.29. The molecule has 1 rings (SSSR count). The summed E-state index contributed by atoms with van der Waals surface area (Å²) in [5.74, 6) is 0. The molecule has 0 aromatic rings. The lowest BCUT2D eigenvalue weighted by Crippen LogP contribution is -2.35. The Balaban J connectivity index is 0. The Morgan fingerprint density at radius 1 is 1.00 bits per heavy atom. The second-order valence-electron chi connectivity index (χ2n) is 5.67. The van der Waals surface area contributed by atoms with Crippen molar-refractivity contribution >= 4 is 6.29 Å². The fourth-order valence-corrected chi connectivity index (χ4v) is 1.43. The summed E-state index contributed by atoms with van der Waals surface area (Å²) in [5, 5.41) is 0. The van der Waals surface area contributed by atoms with E-state index in [2.05, 4.69) is 18.7 Å². The van der Waals surface area contributed by atoms with Gasteiger partial charge < -0.3 is 9.69 Å². The second kappa shape index (κ2) is 10.8. The molecule has 0 radical (unpaired) electrons. The molecule has 0 bridgehead atoms. The second-order valence-corrected chi connectivity index (χ2v) is 5.67. The SMILES string of the molecule is CC.CC(C)(C)C=O.CC(C)N1CCCCC1. The Morgan fingerprint density at radius 2 is 1.35 bits per heavy atom. The smallest absolute Gasteiger partial charge is 0.125 e. The Kier molecular flexibility index (Phi) is 12.0. The number of rotatable bonds is 1. The van der Waals surface area contributed by atoms with Gasteiger partial charge in [0.25, 0.3) is 0 Å².